The maximum absolute atomic E-state index is 12.4. The number of nitrogens with one attached hydrogen (secondary N) is 3. The van der Waals surface area contributed by atoms with E-state index in [2.05, 4.69) is 20.9 Å². The fourth-order valence-corrected chi connectivity index (χ4v) is 3.26. The number of hydrogen-bond donors (Lipinski definition) is 3. The highest BCUT2D eigenvalue weighted by Crippen LogP contribution is 2.27. The van der Waals surface area contributed by atoms with Gasteiger partial charge < -0.3 is 25.6 Å². The Balaban J connectivity index is 1.85. The molecule has 0 aliphatic carbocycles. The highest BCUT2D eigenvalue weighted by molar-refractivity contribution is 5.79. The molecule has 7 nitrogen and oxygen atoms in total. The fourth-order valence-electron chi connectivity index (χ4n) is 3.26. The minimum atomic E-state index is -0.404. The van der Waals surface area contributed by atoms with Crippen LogP contribution < -0.4 is 20.7 Å². The molecule has 1 atom stereocenters. The second-order valence-electron chi connectivity index (χ2n) is 6.72. The second kappa shape index (κ2) is 11.6. The van der Waals surface area contributed by atoms with E-state index in [9.17, 15) is 9.59 Å². The number of carbonyl (C=O) groups is 2. The van der Waals surface area contributed by atoms with Crippen molar-refractivity contribution in [3.63, 3.8) is 0 Å². The first-order chi connectivity index (χ1) is 13.1. The molecule has 1 heterocycles. The minimum Gasteiger partial charge on any atom is -0.494 e. The Hall–Kier alpha value is -2.12. The molecule has 2 amide bonds. The summed E-state index contributed by atoms with van der Waals surface area (Å²) in [6.07, 6.45) is 1.11. The fraction of sp³-hybridized carbons (Fsp3) is 0.600. The minimum absolute atomic E-state index is 0.0691. The third-order valence-electron chi connectivity index (χ3n) is 4.54. The molecule has 0 bridgehead atoms. The molecule has 3 N–H and O–H groups in total. The molecule has 1 aromatic carbocycles. The van der Waals surface area contributed by atoms with Gasteiger partial charge in [-0.3, -0.25) is 9.59 Å². The van der Waals surface area contributed by atoms with Crippen LogP contribution in [-0.2, 0) is 9.59 Å². The van der Waals surface area contributed by atoms with E-state index in [1.807, 2.05) is 31.2 Å². The summed E-state index contributed by atoms with van der Waals surface area (Å²) in [7, 11) is 0. The van der Waals surface area contributed by atoms with Crippen molar-refractivity contribution < 1.29 is 14.3 Å². The third-order valence-corrected chi connectivity index (χ3v) is 4.54. The van der Waals surface area contributed by atoms with Crippen LogP contribution in [0.4, 0.5) is 0 Å². The van der Waals surface area contributed by atoms with Crippen molar-refractivity contribution in [1.29, 1.82) is 0 Å². The van der Waals surface area contributed by atoms with Crippen LogP contribution in [0.3, 0.4) is 0 Å². The highest BCUT2D eigenvalue weighted by atomic mass is 16.5. The number of benzene rings is 1. The Labute approximate surface area is 161 Å². The quantitative estimate of drug-likeness (QED) is 0.532. The van der Waals surface area contributed by atoms with Gasteiger partial charge in [-0.25, -0.2) is 0 Å². The normalized spacial score (nSPS) is 15.8. The maximum atomic E-state index is 12.4. The zero-order chi connectivity index (χ0) is 19.5. The van der Waals surface area contributed by atoms with Crippen molar-refractivity contribution in [3.05, 3.63) is 29.8 Å². The van der Waals surface area contributed by atoms with Gasteiger partial charge in [0.1, 0.15) is 5.75 Å². The zero-order valence-corrected chi connectivity index (χ0v) is 16.4. The molecule has 1 aliphatic heterocycles. The molecular formula is C20H32N4O3. The van der Waals surface area contributed by atoms with Gasteiger partial charge in [0.2, 0.25) is 11.8 Å². The van der Waals surface area contributed by atoms with Gasteiger partial charge in [-0.05, 0) is 26.0 Å². The summed E-state index contributed by atoms with van der Waals surface area (Å²) >= 11 is 0. The summed E-state index contributed by atoms with van der Waals surface area (Å²) in [6.45, 7) is 9.72. The number of ether oxygens (including phenoxy) is 1. The number of hydrogen-bond acceptors (Lipinski definition) is 5. The Bertz CT molecular complexity index is 603. The number of rotatable bonds is 10. The molecule has 1 aliphatic rings. The molecule has 1 unspecified atom stereocenters. The van der Waals surface area contributed by atoms with Crippen LogP contribution in [0.1, 0.15) is 38.3 Å². The zero-order valence-electron chi connectivity index (χ0n) is 16.4. The van der Waals surface area contributed by atoms with E-state index in [1.165, 1.54) is 6.92 Å². The molecule has 27 heavy (non-hydrogen) atoms. The van der Waals surface area contributed by atoms with E-state index in [1.54, 1.807) is 0 Å². The number of nitrogens with zero attached hydrogens (tertiary/aromatic N) is 1. The van der Waals surface area contributed by atoms with Gasteiger partial charge >= 0.3 is 0 Å². The van der Waals surface area contributed by atoms with Crippen LogP contribution in [-0.4, -0.2) is 62.6 Å². The topological polar surface area (TPSA) is 82.7 Å². The first-order valence-corrected chi connectivity index (χ1v) is 9.78. The molecule has 0 saturated carbocycles. The molecule has 1 saturated heterocycles. The maximum Gasteiger partial charge on any atom is 0.222 e. The van der Waals surface area contributed by atoms with Crippen molar-refractivity contribution in [2.45, 2.75) is 32.7 Å². The van der Waals surface area contributed by atoms with Crippen LogP contribution in [0.25, 0.3) is 0 Å². The van der Waals surface area contributed by atoms with E-state index in [0.29, 0.717) is 18.9 Å². The smallest absolute Gasteiger partial charge is 0.222 e. The number of carbonyl (C=O) groups excluding carboxylic acids is 2. The molecule has 1 aromatic rings. The molecule has 0 radical (unpaired) electrons. The van der Waals surface area contributed by atoms with Crippen LogP contribution in [0, 0.1) is 0 Å². The molecule has 0 spiro atoms. The molecule has 1 fully saturated rings. The van der Waals surface area contributed by atoms with Crippen molar-refractivity contribution in [2.75, 3.05) is 45.9 Å². The predicted molar refractivity (Wildman–Crippen MR) is 106 cm³/mol. The Kier molecular flexibility index (Phi) is 9.07. The van der Waals surface area contributed by atoms with E-state index in [4.69, 9.17) is 4.74 Å². The first-order valence-electron chi connectivity index (χ1n) is 9.78. The summed E-state index contributed by atoms with van der Waals surface area (Å²) in [5.74, 6) is 0.462. The Morgan fingerprint density at radius 3 is 2.70 bits per heavy atom. The standard InChI is InChI=1S/C20H32N4O3/c1-3-27-19-8-5-4-7-17(19)18(23-16(2)25)15-20(26)22-9-6-12-24-13-10-21-11-14-24/h4-5,7-8,18,21H,3,6,9-15H2,1-2H3,(H,22,26)(H,23,25). The van der Waals surface area contributed by atoms with Gasteiger partial charge in [0.05, 0.1) is 19.1 Å². The SMILES string of the molecule is CCOc1ccccc1C(CC(=O)NCCCN1CCNCC1)NC(C)=O. The summed E-state index contributed by atoms with van der Waals surface area (Å²) in [6, 6.07) is 7.12. The Morgan fingerprint density at radius 1 is 1.26 bits per heavy atom. The van der Waals surface area contributed by atoms with Crippen molar-refractivity contribution in [3.8, 4) is 5.75 Å². The van der Waals surface area contributed by atoms with Crippen molar-refractivity contribution in [1.82, 2.24) is 20.9 Å². The van der Waals surface area contributed by atoms with Crippen LogP contribution >= 0.6 is 0 Å². The van der Waals surface area contributed by atoms with Gasteiger partial charge in [0, 0.05) is 45.2 Å². The Morgan fingerprint density at radius 2 is 2.00 bits per heavy atom. The summed E-state index contributed by atoms with van der Waals surface area (Å²) < 4.78 is 5.65. The van der Waals surface area contributed by atoms with Gasteiger partial charge in [-0.2, -0.15) is 0 Å². The van der Waals surface area contributed by atoms with Crippen LogP contribution in [0.2, 0.25) is 0 Å². The van der Waals surface area contributed by atoms with Gasteiger partial charge in [-0.1, -0.05) is 18.2 Å². The number of amides is 2. The van der Waals surface area contributed by atoms with Crippen molar-refractivity contribution >= 4 is 11.8 Å². The predicted octanol–water partition coefficient (Wildman–Crippen LogP) is 1.06. The monoisotopic (exact) mass is 376 g/mol. The summed E-state index contributed by atoms with van der Waals surface area (Å²) in [4.78, 5) is 26.4. The summed E-state index contributed by atoms with van der Waals surface area (Å²) in [5.41, 5.74) is 0.825. The third kappa shape index (κ3) is 7.56. The molecule has 2 rings (SSSR count). The van der Waals surface area contributed by atoms with Gasteiger partial charge in [0.25, 0.3) is 0 Å². The molecule has 150 valence electrons. The van der Waals surface area contributed by atoms with Crippen LogP contribution in [0.5, 0.6) is 5.75 Å². The van der Waals surface area contributed by atoms with Gasteiger partial charge in [-0.15, -0.1) is 0 Å². The van der Waals surface area contributed by atoms with Crippen molar-refractivity contribution in [2.24, 2.45) is 0 Å². The van der Waals surface area contributed by atoms with E-state index >= 15 is 0 Å². The molecule has 0 aromatic heterocycles. The number of piperazine rings is 1. The molecular weight excluding hydrogens is 344 g/mol. The lowest BCUT2D eigenvalue weighted by molar-refractivity contribution is -0.122. The largest absolute Gasteiger partial charge is 0.494 e. The highest BCUT2D eigenvalue weighted by Gasteiger charge is 2.20. The average Bonchev–Trinajstić information content (AvgIpc) is 2.66. The molecule has 7 heteroatoms. The van der Waals surface area contributed by atoms with Gasteiger partial charge in [0.15, 0.2) is 0 Å². The van der Waals surface area contributed by atoms with E-state index in [-0.39, 0.29) is 18.2 Å². The van der Waals surface area contributed by atoms with Crippen LogP contribution in [0.15, 0.2) is 24.3 Å². The second-order valence-corrected chi connectivity index (χ2v) is 6.72. The van der Waals surface area contributed by atoms with E-state index < -0.39 is 6.04 Å². The lowest BCUT2D eigenvalue weighted by atomic mass is 10.0. The number of para-hydroxylation sites is 1. The summed E-state index contributed by atoms with van der Waals surface area (Å²) in [5, 5.41) is 9.18. The lowest BCUT2D eigenvalue weighted by Gasteiger charge is -2.27. The average molecular weight is 377 g/mol. The van der Waals surface area contributed by atoms with E-state index in [0.717, 1.165) is 44.7 Å². The lowest BCUT2D eigenvalue weighted by Crippen LogP contribution is -2.44. The first kappa shape index (κ1) is 21.2.